The lowest BCUT2D eigenvalue weighted by atomic mass is 9.77. The van der Waals surface area contributed by atoms with Crippen molar-refractivity contribution in [3.05, 3.63) is 0 Å². The molecule has 0 aromatic carbocycles. The molecule has 1 N–H and O–H groups in total. The second-order valence-corrected chi connectivity index (χ2v) is 5.15. The van der Waals surface area contributed by atoms with Gasteiger partial charge in [0.15, 0.2) is 0 Å². The van der Waals surface area contributed by atoms with E-state index in [-0.39, 0.29) is 5.92 Å². The van der Waals surface area contributed by atoms with Crippen LogP contribution < -0.4 is 0 Å². The van der Waals surface area contributed by atoms with Gasteiger partial charge in [0.25, 0.3) is 0 Å². The van der Waals surface area contributed by atoms with Gasteiger partial charge in [0.05, 0.1) is 17.6 Å². The molecule has 0 amide bonds. The van der Waals surface area contributed by atoms with E-state index < -0.39 is 5.60 Å². The van der Waals surface area contributed by atoms with Crippen molar-refractivity contribution in [2.45, 2.75) is 53.1 Å². The third kappa shape index (κ3) is 4.11. The van der Waals surface area contributed by atoms with Crippen LogP contribution in [0, 0.1) is 29.1 Å². The maximum Gasteiger partial charge on any atom is 0.0807 e. The van der Waals surface area contributed by atoms with Crippen molar-refractivity contribution >= 4 is 0 Å². The summed E-state index contributed by atoms with van der Waals surface area (Å²) < 4.78 is 0. The van der Waals surface area contributed by atoms with E-state index in [1.807, 2.05) is 6.92 Å². The molecule has 2 nitrogen and oxygen atoms in total. The fourth-order valence-electron chi connectivity index (χ4n) is 1.97. The van der Waals surface area contributed by atoms with Crippen molar-refractivity contribution in [3.63, 3.8) is 0 Å². The zero-order chi connectivity index (χ0) is 11.4. The van der Waals surface area contributed by atoms with Crippen molar-refractivity contribution in [1.29, 1.82) is 5.26 Å². The molecule has 0 fully saturated rings. The fraction of sp³-hybridized carbons (Fsp3) is 0.917. The summed E-state index contributed by atoms with van der Waals surface area (Å²) in [5.41, 5.74) is -0.808. The lowest BCUT2D eigenvalue weighted by Crippen LogP contribution is -2.38. The van der Waals surface area contributed by atoms with E-state index >= 15 is 0 Å². The number of hydrogen-bond donors (Lipinski definition) is 1. The first kappa shape index (κ1) is 13.4. The van der Waals surface area contributed by atoms with Crippen molar-refractivity contribution in [3.8, 4) is 6.07 Å². The molecule has 0 aliphatic rings. The average Bonchev–Trinajstić information content (AvgIpc) is 1.99. The van der Waals surface area contributed by atoms with Gasteiger partial charge in [-0.25, -0.2) is 0 Å². The van der Waals surface area contributed by atoms with E-state index in [1.165, 1.54) is 0 Å². The van der Waals surface area contributed by atoms with Crippen LogP contribution in [0.15, 0.2) is 0 Å². The molecule has 0 heterocycles. The highest BCUT2D eigenvalue weighted by Crippen LogP contribution is 2.31. The molecule has 0 aromatic rings. The predicted molar refractivity (Wildman–Crippen MR) is 58.6 cm³/mol. The Morgan fingerprint density at radius 2 is 1.43 bits per heavy atom. The third-order valence-corrected chi connectivity index (χ3v) is 2.52. The highest BCUT2D eigenvalue weighted by atomic mass is 16.3. The standard InChI is InChI=1S/C12H23NO/c1-9(2)6-12(14,7-10(3)4)11(5)8-13/h9-11,14H,6-7H2,1-5H3. The summed E-state index contributed by atoms with van der Waals surface area (Å²) in [6.45, 7) is 10.1. The third-order valence-electron chi connectivity index (χ3n) is 2.52. The van der Waals surface area contributed by atoms with E-state index in [4.69, 9.17) is 5.26 Å². The van der Waals surface area contributed by atoms with Crippen LogP contribution in [-0.4, -0.2) is 10.7 Å². The van der Waals surface area contributed by atoms with Gasteiger partial charge in [-0.2, -0.15) is 5.26 Å². The van der Waals surface area contributed by atoms with E-state index in [0.717, 1.165) is 0 Å². The Morgan fingerprint density at radius 3 is 1.64 bits per heavy atom. The van der Waals surface area contributed by atoms with E-state index in [1.54, 1.807) is 0 Å². The van der Waals surface area contributed by atoms with Crippen LogP contribution in [0.2, 0.25) is 0 Å². The number of rotatable bonds is 5. The van der Waals surface area contributed by atoms with Gasteiger partial charge in [-0.1, -0.05) is 27.7 Å². The van der Waals surface area contributed by atoms with Crippen molar-refractivity contribution in [2.75, 3.05) is 0 Å². The van der Waals surface area contributed by atoms with Crippen LogP contribution in [0.4, 0.5) is 0 Å². The molecule has 0 rings (SSSR count). The summed E-state index contributed by atoms with van der Waals surface area (Å²) in [6, 6.07) is 2.17. The Balaban J connectivity index is 4.59. The molecule has 0 radical (unpaired) electrons. The van der Waals surface area contributed by atoms with Crippen LogP contribution in [-0.2, 0) is 0 Å². The monoisotopic (exact) mass is 197 g/mol. The highest BCUT2D eigenvalue weighted by Gasteiger charge is 2.35. The first-order valence-corrected chi connectivity index (χ1v) is 5.43. The molecule has 0 spiro atoms. The first-order valence-electron chi connectivity index (χ1n) is 5.43. The molecule has 1 unspecified atom stereocenters. The van der Waals surface area contributed by atoms with Crippen LogP contribution in [0.25, 0.3) is 0 Å². The molecule has 0 bridgehead atoms. The van der Waals surface area contributed by atoms with Crippen LogP contribution >= 0.6 is 0 Å². The minimum Gasteiger partial charge on any atom is -0.389 e. The molecule has 0 saturated heterocycles. The largest absolute Gasteiger partial charge is 0.389 e. The number of nitrogens with zero attached hydrogens (tertiary/aromatic N) is 1. The van der Waals surface area contributed by atoms with Gasteiger partial charge in [-0.05, 0) is 31.6 Å². The maximum absolute atomic E-state index is 10.4. The van der Waals surface area contributed by atoms with Crippen molar-refractivity contribution in [2.24, 2.45) is 17.8 Å². The van der Waals surface area contributed by atoms with Crippen LogP contribution in [0.5, 0.6) is 0 Å². The quantitative estimate of drug-likeness (QED) is 0.736. The molecular formula is C12H23NO. The Hall–Kier alpha value is -0.550. The van der Waals surface area contributed by atoms with Gasteiger partial charge in [0.2, 0.25) is 0 Å². The summed E-state index contributed by atoms with van der Waals surface area (Å²) >= 11 is 0. The number of aliphatic hydroxyl groups is 1. The Kier molecular flexibility index (Phi) is 5.15. The molecule has 82 valence electrons. The summed E-state index contributed by atoms with van der Waals surface area (Å²) in [5.74, 6) is 0.566. The maximum atomic E-state index is 10.4. The normalized spacial score (nSPS) is 14.5. The molecular weight excluding hydrogens is 174 g/mol. The van der Waals surface area contributed by atoms with Crippen molar-refractivity contribution < 1.29 is 5.11 Å². The van der Waals surface area contributed by atoms with E-state index in [9.17, 15) is 5.11 Å². The molecule has 0 aliphatic carbocycles. The smallest absolute Gasteiger partial charge is 0.0807 e. The molecule has 0 aromatic heterocycles. The zero-order valence-corrected chi connectivity index (χ0v) is 10.0. The molecule has 1 atom stereocenters. The molecule has 0 aliphatic heterocycles. The summed E-state index contributed by atoms with van der Waals surface area (Å²) in [6.07, 6.45) is 1.42. The average molecular weight is 197 g/mol. The Bertz CT molecular complexity index is 193. The van der Waals surface area contributed by atoms with Gasteiger partial charge in [0, 0.05) is 0 Å². The van der Waals surface area contributed by atoms with Gasteiger partial charge >= 0.3 is 0 Å². The van der Waals surface area contributed by atoms with Gasteiger partial charge < -0.3 is 5.11 Å². The number of hydrogen-bond acceptors (Lipinski definition) is 2. The van der Waals surface area contributed by atoms with Crippen LogP contribution in [0.3, 0.4) is 0 Å². The number of nitriles is 1. The molecule has 14 heavy (non-hydrogen) atoms. The Morgan fingerprint density at radius 1 is 1.07 bits per heavy atom. The van der Waals surface area contributed by atoms with Gasteiger partial charge in [-0.15, -0.1) is 0 Å². The Labute approximate surface area is 87.9 Å². The first-order chi connectivity index (χ1) is 6.31. The lowest BCUT2D eigenvalue weighted by Gasteiger charge is -2.33. The summed E-state index contributed by atoms with van der Waals surface area (Å²) in [7, 11) is 0. The highest BCUT2D eigenvalue weighted by molar-refractivity contribution is 4.97. The molecule has 2 heteroatoms. The van der Waals surface area contributed by atoms with Gasteiger partial charge in [0.1, 0.15) is 0 Å². The topological polar surface area (TPSA) is 44.0 Å². The second kappa shape index (κ2) is 5.36. The summed E-state index contributed by atoms with van der Waals surface area (Å²) in [4.78, 5) is 0. The van der Waals surface area contributed by atoms with E-state index in [2.05, 4.69) is 33.8 Å². The lowest BCUT2D eigenvalue weighted by molar-refractivity contribution is -0.0283. The summed E-state index contributed by atoms with van der Waals surface area (Å²) in [5, 5.41) is 19.3. The zero-order valence-electron chi connectivity index (χ0n) is 10.0. The minimum atomic E-state index is -0.808. The predicted octanol–water partition coefficient (Wildman–Crippen LogP) is 2.97. The fourth-order valence-corrected chi connectivity index (χ4v) is 1.97. The SMILES string of the molecule is CC(C)CC(O)(CC(C)C)C(C)C#N. The van der Waals surface area contributed by atoms with Crippen LogP contribution in [0.1, 0.15) is 47.5 Å². The van der Waals surface area contributed by atoms with Crippen molar-refractivity contribution in [1.82, 2.24) is 0 Å². The second-order valence-electron chi connectivity index (χ2n) is 5.15. The van der Waals surface area contributed by atoms with Gasteiger partial charge in [-0.3, -0.25) is 0 Å². The minimum absolute atomic E-state index is 0.285. The molecule has 0 saturated carbocycles. The van der Waals surface area contributed by atoms with E-state index in [0.29, 0.717) is 24.7 Å².